The van der Waals surface area contributed by atoms with E-state index in [-0.39, 0.29) is 31.2 Å². The highest BCUT2D eigenvalue weighted by Gasteiger charge is 2.33. The molecule has 4 nitrogen and oxygen atoms in total. The fourth-order valence-corrected chi connectivity index (χ4v) is 1.05. The second kappa shape index (κ2) is 6.37. The van der Waals surface area contributed by atoms with Crippen LogP contribution in [0.2, 0.25) is 0 Å². The van der Waals surface area contributed by atoms with Gasteiger partial charge in [-0.25, -0.2) is 0 Å². The van der Waals surface area contributed by atoms with E-state index in [1.807, 2.05) is 13.8 Å². The van der Waals surface area contributed by atoms with Crippen LogP contribution < -0.4 is 0 Å². The quantitative estimate of drug-likeness (QED) is 0.515. The standard InChI is InChI=1S/C8H18O3.H2O/c1-3-7(2)8(4-9,5-10)6-11;/h7,9-11H,3-6H2,1-2H3;1H2. The summed E-state index contributed by atoms with van der Waals surface area (Å²) in [5, 5.41) is 26.9. The molecule has 0 aliphatic rings. The summed E-state index contributed by atoms with van der Waals surface area (Å²) in [4.78, 5) is 0. The third kappa shape index (κ3) is 2.71. The van der Waals surface area contributed by atoms with E-state index < -0.39 is 5.41 Å². The zero-order valence-corrected chi connectivity index (χ0v) is 7.75. The van der Waals surface area contributed by atoms with Crippen LogP contribution in [0.25, 0.3) is 0 Å². The van der Waals surface area contributed by atoms with Crippen molar-refractivity contribution in [2.45, 2.75) is 20.3 Å². The number of hydrogen-bond donors (Lipinski definition) is 3. The highest BCUT2D eigenvalue weighted by molar-refractivity contribution is 4.81. The average molecular weight is 180 g/mol. The maximum absolute atomic E-state index is 8.96. The molecular formula is C8H20O4. The van der Waals surface area contributed by atoms with E-state index in [9.17, 15) is 0 Å². The van der Waals surface area contributed by atoms with Gasteiger partial charge in [-0.1, -0.05) is 20.3 Å². The van der Waals surface area contributed by atoms with Gasteiger partial charge in [-0.2, -0.15) is 0 Å². The van der Waals surface area contributed by atoms with Crippen molar-refractivity contribution in [3.8, 4) is 0 Å². The predicted molar refractivity (Wildman–Crippen MR) is 46.8 cm³/mol. The van der Waals surface area contributed by atoms with Crippen molar-refractivity contribution in [3.05, 3.63) is 0 Å². The Morgan fingerprint density at radius 1 is 1.08 bits per heavy atom. The van der Waals surface area contributed by atoms with Crippen molar-refractivity contribution in [3.63, 3.8) is 0 Å². The van der Waals surface area contributed by atoms with Crippen molar-refractivity contribution in [1.29, 1.82) is 0 Å². The maximum Gasteiger partial charge on any atom is 0.0534 e. The van der Waals surface area contributed by atoms with E-state index in [2.05, 4.69) is 0 Å². The van der Waals surface area contributed by atoms with Gasteiger partial charge in [0.15, 0.2) is 0 Å². The molecule has 0 amide bonds. The van der Waals surface area contributed by atoms with Crippen LogP contribution in [0, 0.1) is 11.3 Å². The Labute approximate surface area is 73.2 Å². The largest absolute Gasteiger partial charge is 0.412 e. The van der Waals surface area contributed by atoms with Gasteiger partial charge in [0.2, 0.25) is 0 Å². The zero-order valence-electron chi connectivity index (χ0n) is 7.75. The van der Waals surface area contributed by atoms with Crippen LogP contribution in [0.4, 0.5) is 0 Å². The van der Waals surface area contributed by atoms with Gasteiger partial charge in [-0.05, 0) is 5.92 Å². The number of hydrogen-bond acceptors (Lipinski definition) is 3. The lowest BCUT2D eigenvalue weighted by molar-refractivity contribution is -0.0342. The molecule has 0 heterocycles. The molecular weight excluding hydrogens is 160 g/mol. The highest BCUT2D eigenvalue weighted by Crippen LogP contribution is 2.28. The molecule has 0 aromatic heterocycles. The monoisotopic (exact) mass is 180 g/mol. The molecule has 1 unspecified atom stereocenters. The normalized spacial score (nSPS) is 13.8. The first-order valence-corrected chi connectivity index (χ1v) is 3.99. The van der Waals surface area contributed by atoms with Crippen LogP contribution in [0.1, 0.15) is 20.3 Å². The summed E-state index contributed by atoms with van der Waals surface area (Å²) in [6.45, 7) is 3.42. The van der Waals surface area contributed by atoms with Gasteiger partial charge in [0.25, 0.3) is 0 Å². The summed E-state index contributed by atoms with van der Waals surface area (Å²) in [5.74, 6) is 0.141. The summed E-state index contributed by atoms with van der Waals surface area (Å²) in [6, 6.07) is 0. The summed E-state index contributed by atoms with van der Waals surface area (Å²) >= 11 is 0. The molecule has 0 saturated carbocycles. The van der Waals surface area contributed by atoms with Crippen molar-refractivity contribution >= 4 is 0 Å². The Morgan fingerprint density at radius 2 is 1.42 bits per heavy atom. The first-order valence-electron chi connectivity index (χ1n) is 3.99. The number of aliphatic hydroxyl groups is 3. The molecule has 0 rings (SSSR count). The minimum absolute atomic E-state index is 0. The minimum Gasteiger partial charge on any atom is -0.412 e. The molecule has 4 heteroatoms. The van der Waals surface area contributed by atoms with E-state index in [0.29, 0.717) is 0 Å². The Balaban J connectivity index is 0. The Hall–Kier alpha value is -0.160. The maximum atomic E-state index is 8.96. The highest BCUT2D eigenvalue weighted by atomic mass is 16.3. The zero-order chi connectivity index (χ0) is 8.91. The third-order valence-corrected chi connectivity index (χ3v) is 2.60. The molecule has 76 valence electrons. The van der Waals surface area contributed by atoms with E-state index >= 15 is 0 Å². The van der Waals surface area contributed by atoms with Crippen molar-refractivity contribution in [1.82, 2.24) is 0 Å². The molecule has 0 aliphatic heterocycles. The second-order valence-corrected chi connectivity index (χ2v) is 3.15. The number of rotatable bonds is 5. The summed E-state index contributed by atoms with van der Waals surface area (Å²) in [7, 11) is 0. The molecule has 0 radical (unpaired) electrons. The predicted octanol–water partition coefficient (Wildman–Crippen LogP) is -0.829. The summed E-state index contributed by atoms with van der Waals surface area (Å²) in [5.41, 5.74) is -0.700. The van der Waals surface area contributed by atoms with Crippen LogP contribution >= 0.6 is 0 Å². The number of aliphatic hydroxyl groups excluding tert-OH is 3. The van der Waals surface area contributed by atoms with Gasteiger partial charge in [-0.3, -0.25) is 0 Å². The SMILES string of the molecule is CCC(C)C(CO)(CO)CO.O. The molecule has 0 spiro atoms. The Bertz CT molecular complexity index is 93.0. The topological polar surface area (TPSA) is 92.2 Å². The van der Waals surface area contributed by atoms with Crippen LogP contribution in [-0.2, 0) is 0 Å². The molecule has 0 aromatic carbocycles. The third-order valence-electron chi connectivity index (χ3n) is 2.60. The molecule has 0 aromatic rings. The minimum atomic E-state index is -0.700. The molecule has 1 atom stereocenters. The van der Waals surface area contributed by atoms with E-state index in [1.54, 1.807) is 0 Å². The van der Waals surface area contributed by atoms with E-state index in [0.717, 1.165) is 6.42 Å². The van der Waals surface area contributed by atoms with E-state index in [1.165, 1.54) is 0 Å². The van der Waals surface area contributed by atoms with Gasteiger partial charge in [0.05, 0.1) is 19.8 Å². The van der Waals surface area contributed by atoms with E-state index in [4.69, 9.17) is 15.3 Å². The van der Waals surface area contributed by atoms with Crippen LogP contribution in [0.5, 0.6) is 0 Å². The van der Waals surface area contributed by atoms with Crippen LogP contribution in [0.3, 0.4) is 0 Å². The Morgan fingerprint density at radius 3 is 1.50 bits per heavy atom. The van der Waals surface area contributed by atoms with Gasteiger partial charge in [-0.15, -0.1) is 0 Å². The van der Waals surface area contributed by atoms with Crippen molar-refractivity contribution < 1.29 is 20.8 Å². The molecule has 0 bridgehead atoms. The molecule has 0 saturated heterocycles. The lowest BCUT2D eigenvalue weighted by Gasteiger charge is -2.33. The van der Waals surface area contributed by atoms with Crippen LogP contribution in [0.15, 0.2) is 0 Å². The fourth-order valence-electron chi connectivity index (χ4n) is 1.05. The summed E-state index contributed by atoms with van der Waals surface area (Å²) < 4.78 is 0. The lowest BCUT2D eigenvalue weighted by atomic mass is 9.77. The molecule has 0 aliphatic carbocycles. The van der Waals surface area contributed by atoms with Gasteiger partial charge in [0.1, 0.15) is 0 Å². The first kappa shape index (κ1) is 14.4. The lowest BCUT2D eigenvalue weighted by Crippen LogP contribution is -2.40. The molecule has 12 heavy (non-hydrogen) atoms. The van der Waals surface area contributed by atoms with Crippen molar-refractivity contribution in [2.24, 2.45) is 11.3 Å². The molecule has 5 N–H and O–H groups in total. The molecule has 0 fully saturated rings. The fraction of sp³-hybridized carbons (Fsp3) is 1.00. The average Bonchev–Trinajstić information content (AvgIpc) is 2.08. The smallest absolute Gasteiger partial charge is 0.0534 e. The van der Waals surface area contributed by atoms with Crippen LogP contribution in [-0.4, -0.2) is 40.6 Å². The van der Waals surface area contributed by atoms with Gasteiger partial charge >= 0.3 is 0 Å². The first-order chi connectivity index (χ1) is 5.16. The second-order valence-electron chi connectivity index (χ2n) is 3.15. The Kier molecular flexibility index (Phi) is 7.62. The van der Waals surface area contributed by atoms with Gasteiger partial charge < -0.3 is 20.8 Å². The van der Waals surface area contributed by atoms with Crippen molar-refractivity contribution in [2.75, 3.05) is 19.8 Å². The van der Waals surface area contributed by atoms with Gasteiger partial charge in [0, 0.05) is 5.41 Å². The summed E-state index contributed by atoms with van der Waals surface area (Å²) in [6.07, 6.45) is 0.849.